The molecule has 1 heterocycles. The summed E-state index contributed by atoms with van der Waals surface area (Å²) in [5, 5.41) is 0. The van der Waals surface area contributed by atoms with Crippen molar-refractivity contribution < 1.29 is 19.1 Å². The topological polar surface area (TPSA) is 89.7 Å². The minimum Gasteiger partial charge on any atom is -0.455 e. The van der Waals surface area contributed by atoms with Crippen molar-refractivity contribution in [1.29, 1.82) is 0 Å². The summed E-state index contributed by atoms with van der Waals surface area (Å²) in [6.45, 7) is 1.83. The third-order valence-corrected chi connectivity index (χ3v) is 3.48. The maximum atomic E-state index is 12.1. The van der Waals surface area contributed by atoms with Gasteiger partial charge in [-0.1, -0.05) is 25.1 Å². The summed E-state index contributed by atoms with van der Waals surface area (Å²) in [7, 11) is 0. The Morgan fingerprint density at radius 1 is 1.38 bits per heavy atom. The zero-order chi connectivity index (χ0) is 15.4. The Morgan fingerprint density at radius 3 is 2.76 bits per heavy atom. The highest BCUT2D eigenvalue weighted by atomic mass is 16.5. The highest BCUT2D eigenvalue weighted by molar-refractivity contribution is 6.00. The Labute approximate surface area is 122 Å². The van der Waals surface area contributed by atoms with E-state index in [0.29, 0.717) is 0 Å². The standard InChI is InChI=1S/C15H18N2O4/c1-2-10-5-3-4-6-12(10)17-8-11(7-14(17)19)15(20)21-9-13(16)18/h3-6,11H,2,7-9H2,1H3,(H2,16,18)/t11-/m0/s1. The van der Waals surface area contributed by atoms with Crippen molar-refractivity contribution in [2.75, 3.05) is 18.1 Å². The molecule has 2 N–H and O–H groups in total. The summed E-state index contributed by atoms with van der Waals surface area (Å²) in [6.07, 6.45) is 0.895. The van der Waals surface area contributed by atoms with Crippen LogP contribution in [0.2, 0.25) is 0 Å². The van der Waals surface area contributed by atoms with E-state index in [2.05, 4.69) is 0 Å². The van der Waals surface area contributed by atoms with Crippen molar-refractivity contribution in [3.05, 3.63) is 29.8 Å². The molecule has 6 heteroatoms. The first kappa shape index (κ1) is 15.0. The zero-order valence-corrected chi connectivity index (χ0v) is 11.9. The first-order valence-electron chi connectivity index (χ1n) is 6.86. The Bertz CT molecular complexity index is 571. The van der Waals surface area contributed by atoms with Gasteiger partial charge in [0.05, 0.1) is 5.92 Å². The molecular formula is C15H18N2O4. The SMILES string of the molecule is CCc1ccccc1N1C[C@@H](C(=O)OCC(N)=O)CC1=O. The van der Waals surface area contributed by atoms with Crippen molar-refractivity contribution in [2.24, 2.45) is 11.7 Å². The zero-order valence-electron chi connectivity index (χ0n) is 11.9. The van der Waals surface area contributed by atoms with Crippen LogP contribution in [-0.4, -0.2) is 30.9 Å². The van der Waals surface area contributed by atoms with Crippen molar-refractivity contribution in [3.8, 4) is 0 Å². The van der Waals surface area contributed by atoms with Crippen molar-refractivity contribution in [3.63, 3.8) is 0 Å². The number of hydrogen-bond acceptors (Lipinski definition) is 4. The highest BCUT2D eigenvalue weighted by Gasteiger charge is 2.36. The van der Waals surface area contributed by atoms with Crippen molar-refractivity contribution in [2.45, 2.75) is 19.8 Å². The average molecular weight is 290 g/mol. The molecule has 21 heavy (non-hydrogen) atoms. The largest absolute Gasteiger partial charge is 0.455 e. The van der Waals surface area contributed by atoms with Crippen LogP contribution in [0.25, 0.3) is 0 Å². The van der Waals surface area contributed by atoms with E-state index in [1.165, 1.54) is 0 Å². The average Bonchev–Trinajstić information content (AvgIpc) is 2.86. The fourth-order valence-electron chi connectivity index (χ4n) is 2.43. The number of aryl methyl sites for hydroxylation is 1. The molecule has 1 fully saturated rings. The monoisotopic (exact) mass is 290 g/mol. The molecule has 0 spiro atoms. The van der Waals surface area contributed by atoms with E-state index in [9.17, 15) is 14.4 Å². The van der Waals surface area contributed by atoms with Gasteiger partial charge < -0.3 is 15.4 Å². The van der Waals surface area contributed by atoms with Crippen molar-refractivity contribution in [1.82, 2.24) is 0 Å². The van der Waals surface area contributed by atoms with Crippen LogP contribution in [0.15, 0.2) is 24.3 Å². The summed E-state index contributed by atoms with van der Waals surface area (Å²) in [5.74, 6) is -1.93. The van der Waals surface area contributed by atoms with Gasteiger partial charge in [0, 0.05) is 18.7 Å². The van der Waals surface area contributed by atoms with Gasteiger partial charge in [-0.3, -0.25) is 14.4 Å². The number of anilines is 1. The third kappa shape index (κ3) is 3.39. The number of carbonyl (C=O) groups excluding carboxylic acids is 3. The number of ether oxygens (including phenoxy) is 1. The fraction of sp³-hybridized carbons (Fsp3) is 0.400. The summed E-state index contributed by atoms with van der Waals surface area (Å²) in [5.41, 5.74) is 6.81. The molecule has 0 bridgehead atoms. The normalized spacial score (nSPS) is 17.9. The maximum absolute atomic E-state index is 12.1. The van der Waals surface area contributed by atoms with Crippen LogP contribution in [0, 0.1) is 5.92 Å². The minimum absolute atomic E-state index is 0.0929. The molecular weight excluding hydrogens is 272 g/mol. The van der Waals surface area contributed by atoms with Crippen LogP contribution in [-0.2, 0) is 25.5 Å². The number of nitrogens with zero attached hydrogens (tertiary/aromatic N) is 1. The number of hydrogen-bond donors (Lipinski definition) is 1. The fourth-order valence-corrected chi connectivity index (χ4v) is 2.43. The molecule has 1 aliphatic heterocycles. The molecule has 6 nitrogen and oxygen atoms in total. The van der Waals surface area contributed by atoms with Crippen LogP contribution >= 0.6 is 0 Å². The van der Waals surface area contributed by atoms with E-state index in [1.54, 1.807) is 4.90 Å². The van der Waals surface area contributed by atoms with Gasteiger partial charge in [-0.15, -0.1) is 0 Å². The van der Waals surface area contributed by atoms with Crippen LogP contribution in [0.1, 0.15) is 18.9 Å². The first-order chi connectivity index (χ1) is 10.0. The quantitative estimate of drug-likeness (QED) is 0.805. The second kappa shape index (κ2) is 6.39. The Kier molecular flexibility index (Phi) is 4.57. The molecule has 1 aromatic carbocycles. The molecule has 1 aromatic rings. The molecule has 0 aliphatic carbocycles. The maximum Gasteiger partial charge on any atom is 0.311 e. The minimum atomic E-state index is -0.708. The van der Waals surface area contributed by atoms with Crippen LogP contribution < -0.4 is 10.6 Å². The number of carbonyl (C=O) groups is 3. The number of benzene rings is 1. The lowest BCUT2D eigenvalue weighted by atomic mass is 10.1. The van der Waals surface area contributed by atoms with Crippen LogP contribution in [0.4, 0.5) is 5.69 Å². The Morgan fingerprint density at radius 2 is 2.10 bits per heavy atom. The van der Waals surface area contributed by atoms with E-state index >= 15 is 0 Å². The molecule has 2 amide bonds. The summed E-state index contributed by atoms with van der Waals surface area (Å²) >= 11 is 0. The number of rotatable bonds is 5. The van der Waals surface area contributed by atoms with E-state index in [1.807, 2.05) is 31.2 Å². The predicted octanol–water partition coefficient (Wildman–Crippen LogP) is 0.630. The third-order valence-electron chi connectivity index (χ3n) is 3.48. The lowest BCUT2D eigenvalue weighted by Gasteiger charge is -2.19. The molecule has 2 rings (SSSR count). The molecule has 1 aliphatic rings. The van der Waals surface area contributed by atoms with E-state index < -0.39 is 24.4 Å². The number of nitrogens with two attached hydrogens (primary N) is 1. The van der Waals surface area contributed by atoms with Gasteiger partial charge in [0.1, 0.15) is 0 Å². The summed E-state index contributed by atoms with van der Waals surface area (Å²) in [4.78, 5) is 36.2. The molecule has 112 valence electrons. The lowest BCUT2D eigenvalue weighted by molar-refractivity contribution is -0.151. The van der Waals surface area contributed by atoms with Gasteiger partial charge in [0.2, 0.25) is 5.91 Å². The molecule has 1 saturated heterocycles. The number of primary amides is 1. The molecule has 0 unspecified atom stereocenters. The number of amides is 2. The second-order valence-electron chi connectivity index (χ2n) is 4.96. The Balaban J connectivity index is 2.09. The van der Waals surface area contributed by atoms with Gasteiger partial charge in [0.15, 0.2) is 6.61 Å². The van der Waals surface area contributed by atoms with Gasteiger partial charge in [-0.05, 0) is 18.1 Å². The Hall–Kier alpha value is -2.37. The van der Waals surface area contributed by atoms with E-state index in [4.69, 9.17) is 10.5 Å². The molecule has 1 atom stereocenters. The van der Waals surface area contributed by atoms with Gasteiger partial charge in [0.25, 0.3) is 5.91 Å². The number of esters is 1. The van der Waals surface area contributed by atoms with Crippen LogP contribution in [0.5, 0.6) is 0 Å². The van der Waals surface area contributed by atoms with Crippen molar-refractivity contribution >= 4 is 23.5 Å². The smallest absolute Gasteiger partial charge is 0.311 e. The molecule has 0 aromatic heterocycles. The molecule has 0 radical (unpaired) electrons. The van der Waals surface area contributed by atoms with Gasteiger partial charge in [-0.2, -0.15) is 0 Å². The lowest BCUT2D eigenvalue weighted by Crippen LogP contribution is -2.28. The number of para-hydroxylation sites is 1. The summed E-state index contributed by atoms with van der Waals surface area (Å²) in [6, 6.07) is 7.61. The van der Waals surface area contributed by atoms with E-state index in [-0.39, 0.29) is 18.9 Å². The van der Waals surface area contributed by atoms with Crippen LogP contribution in [0.3, 0.4) is 0 Å². The second-order valence-corrected chi connectivity index (χ2v) is 4.96. The van der Waals surface area contributed by atoms with E-state index in [0.717, 1.165) is 17.7 Å². The highest BCUT2D eigenvalue weighted by Crippen LogP contribution is 2.28. The first-order valence-corrected chi connectivity index (χ1v) is 6.86. The summed E-state index contributed by atoms with van der Waals surface area (Å²) < 4.78 is 4.78. The van der Waals surface area contributed by atoms with Gasteiger partial charge >= 0.3 is 5.97 Å². The predicted molar refractivity (Wildman–Crippen MR) is 76.4 cm³/mol. The molecule has 0 saturated carbocycles. The van der Waals surface area contributed by atoms with Gasteiger partial charge in [-0.25, -0.2) is 0 Å².